The molecule has 1 aliphatic rings. The number of ether oxygens (including phenoxy) is 3. The SMILES string of the molecule is C[C@]1(CCOCc2ccccc2)CC(=O)[C@](CCC=O)(CCOCc2ccccc2)C[C@@H]1CCOCc1ccccc1. The molecule has 3 aromatic carbocycles. The molecular formula is C37H46O5. The summed E-state index contributed by atoms with van der Waals surface area (Å²) >= 11 is 0. The van der Waals surface area contributed by atoms with E-state index < -0.39 is 5.41 Å². The van der Waals surface area contributed by atoms with Gasteiger partial charge in [-0.25, -0.2) is 0 Å². The second-order valence-corrected chi connectivity index (χ2v) is 12.0. The van der Waals surface area contributed by atoms with E-state index in [-0.39, 0.29) is 17.1 Å². The third-order valence-corrected chi connectivity index (χ3v) is 9.01. The van der Waals surface area contributed by atoms with Crippen molar-refractivity contribution in [2.45, 2.75) is 71.7 Å². The van der Waals surface area contributed by atoms with E-state index in [9.17, 15) is 9.59 Å². The van der Waals surface area contributed by atoms with Crippen LogP contribution in [0.5, 0.6) is 0 Å². The van der Waals surface area contributed by atoms with Crippen LogP contribution in [0, 0.1) is 16.7 Å². The van der Waals surface area contributed by atoms with Gasteiger partial charge in [0.05, 0.1) is 19.8 Å². The van der Waals surface area contributed by atoms with E-state index in [0.717, 1.165) is 42.2 Å². The average Bonchev–Trinajstić information content (AvgIpc) is 3.02. The average molecular weight is 571 g/mol. The van der Waals surface area contributed by atoms with Crippen LogP contribution in [0.15, 0.2) is 91.0 Å². The van der Waals surface area contributed by atoms with Crippen LogP contribution in [0.25, 0.3) is 0 Å². The molecule has 0 radical (unpaired) electrons. The second kappa shape index (κ2) is 16.5. The summed E-state index contributed by atoms with van der Waals surface area (Å²) in [6.07, 6.45) is 5.45. The van der Waals surface area contributed by atoms with Gasteiger partial charge in [0, 0.05) is 38.1 Å². The molecule has 1 aliphatic carbocycles. The maximum absolute atomic E-state index is 14.0. The zero-order valence-electron chi connectivity index (χ0n) is 25.0. The Morgan fingerprint density at radius 1 is 0.690 bits per heavy atom. The molecule has 0 amide bonds. The van der Waals surface area contributed by atoms with Crippen LogP contribution >= 0.6 is 0 Å². The molecule has 0 aromatic heterocycles. The van der Waals surface area contributed by atoms with Gasteiger partial charge in [-0.3, -0.25) is 4.79 Å². The fourth-order valence-electron chi connectivity index (χ4n) is 6.31. The molecule has 224 valence electrons. The van der Waals surface area contributed by atoms with Gasteiger partial charge in [0.1, 0.15) is 12.1 Å². The number of hydrogen-bond donors (Lipinski definition) is 0. The van der Waals surface area contributed by atoms with Crippen molar-refractivity contribution in [3.8, 4) is 0 Å². The quantitative estimate of drug-likeness (QED) is 0.116. The van der Waals surface area contributed by atoms with Crippen LogP contribution in [-0.4, -0.2) is 31.9 Å². The topological polar surface area (TPSA) is 61.8 Å². The summed E-state index contributed by atoms with van der Waals surface area (Å²) in [6.45, 7) is 5.63. The van der Waals surface area contributed by atoms with Crippen molar-refractivity contribution in [3.05, 3.63) is 108 Å². The predicted molar refractivity (Wildman–Crippen MR) is 166 cm³/mol. The summed E-state index contributed by atoms with van der Waals surface area (Å²) in [6, 6.07) is 30.5. The molecule has 0 heterocycles. The van der Waals surface area contributed by atoms with Gasteiger partial charge < -0.3 is 19.0 Å². The fraction of sp³-hybridized carbons (Fsp3) is 0.459. The van der Waals surface area contributed by atoms with Crippen molar-refractivity contribution in [1.29, 1.82) is 0 Å². The third-order valence-electron chi connectivity index (χ3n) is 9.01. The van der Waals surface area contributed by atoms with Crippen LogP contribution < -0.4 is 0 Å². The number of Topliss-reactive ketones (excluding diaryl/α,β-unsaturated/α-hetero) is 1. The Labute approximate surface area is 251 Å². The first-order valence-corrected chi connectivity index (χ1v) is 15.3. The first-order valence-electron chi connectivity index (χ1n) is 15.3. The molecule has 0 bridgehead atoms. The Morgan fingerprint density at radius 3 is 1.67 bits per heavy atom. The van der Waals surface area contributed by atoms with Gasteiger partial charge in [-0.1, -0.05) is 97.9 Å². The monoisotopic (exact) mass is 570 g/mol. The first kappa shape index (κ1) is 31.8. The standard InChI is InChI=1S/C37H46O5/c1-36(20-24-41-29-32-14-7-3-8-15-32)27-35(39)37(19-11-22-38,21-25-42-30-33-16-9-4-10-17-33)26-34(36)18-23-40-28-31-12-5-2-6-13-31/h2-10,12-17,22,34H,11,18-21,23-30H2,1H3/t34-,36-,37+/m0/s1. The zero-order valence-corrected chi connectivity index (χ0v) is 25.0. The number of carbonyl (C=O) groups is 2. The minimum atomic E-state index is -0.550. The van der Waals surface area contributed by atoms with Crippen LogP contribution in [0.4, 0.5) is 0 Å². The molecule has 0 spiro atoms. The molecule has 0 saturated heterocycles. The molecule has 0 N–H and O–H groups in total. The lowest BCUT2D eigenvalue weighted by atomic mass is 9.54. The van der Waals surface area contributed by atoms with Crippen LogP contribution in [0.3, 0.4) is 0 Å². The predicted octanol–water partition coefficient (Wildman–Crippen LogP) is 7.76. The Kier molecular flexibility index (Phi) is 12.5. The lowest BCUT2D eigenvalue weighted by Crippen LogP contribution is -2.48. The molecule has 3 aromatic rings. The van der Waals surface area contributed by atoms with E-state index >= 15 is 0 Å². The lowest BCUT2D eigenvalue weighted by molar-refractivity contribution is -0.144. The van der Waals surface area contributed by atoms with Crippen molar-refractivity contribution >= 4 is 12.1 Å². The minimum absolute atomic E-state index is 0.195. The minimum Gasteiger partial charge on any atom is -0.377 e. The zero-order chi connectivity index (χ0) is 29.5. The Hall–Kier alpha value is -3.12. The van der Waals surface area contributed by atoms with Gasteiger partial charge in [-0.05, 0) is 60.1 Å². The number of hydrogen-bond acceptors (Lipinski definition) is 5. The maximum atomic E-state index is 14.0. The number of benzene rings is 3. The van der Waals surface area contributed by atoms with E-state index in [4.69, 9.17) is 14.2 Å². The molecular weight excluding hydrogens is 524 g/mol. The number of aldehydes is 1. The van der Waals surface area contributed by atoms with Crippen molar-refractivity contribution in [2.75, 3.05) is 19.8 Å². The Bertz CT molecular complexity index is 1200. The summed E-state index contributed by atoms with van der Waals surface area (Å²) in [5.74, 6) is 0.534. The Balaban J connectivity index is 1.41. The molecule has 0 unspecified atom stereocenters. The van der Waals surface area contributed by atoms with E-state index in [1.807, 2.05) is 66.7 Å². The van der Waals surface area contributed by atoms with Crippen LogP contribution in [0.2, 0.25) is 0 Å². The molecule has 4 rings (SSSR count). The molecule has 5 nitrogen and oxygen atoms in total. The van der Waals surface area contributed by atoms with Crippen LogP contribution in [-0.2, 0) is 43.6 Å². The van der Waals surface area contributed by atoms with Crippen molar-refractivity contribution in [1.82, 2.24) is 0 Å². The van der Waals surface area contributed by atoms with Gasteiger partial charge in [0.15, 0.2) is 0 Å². The second-order valence-electron chi connectivity index (χ2n) is 12.0. The lowest BCUT2D eigenvalue weighted by Gasteiger charge is -2.49. The first-order chi connectivity index (χ1) is 20.5. The number of carbonyl (C=O) groups excluding carboxylic acids is 2. The van der Waals surface area contributed by atoms with Crippen LogP contribution in [0.1, 0.15) is 68.6 Å². The molecule has 0 aliphatic heterocycles. The summed E-state index contributed by atoms with van der Waals surface area (Å²) < 4.78 is 18.3. The van der Waals surface area contributed by atoms with Gasteiger partial charge in [0.25, 0.3) is 0 Å². The summed E-state index contributed by atoms with van der Waals surface area (Å²) in [4.78, 5) is 25.5. The summed E-state index contributed by atoms with van der Waals surface area (Å²) in [5, 5.41) is 0. The highest BCUT2D eigenvalue weighted by Crippen LogP contribution is 2.53. The highest BCUT2D eigenvalue weighted by Gasteiger charge is 2.51. The van der Waals surface area contributed by atoms with Crippen molar-refractivity contribution in [3.63, 3.8) is 0 Å². The smallest absolute Gasteiger partial charge is 0.139 e. The molecule has 42 heavy (non-hydrogen) atoms. The van der Waals surface area contributed by atoms with Crippen molar-refractivity contribution < 1.29 is 23.8 Å². The van der Waals surface area contributed by atoms with E-state index in [0.29, 0.717) is 65.3 Å². The van der Waals surface area contributed by atoms with Gasteiger partial charge >= 0.3 is 0 Å². The highest BCUT2D eigenvalue weighted by atomic mass is 16.5. The van der Waals surface area contributed by atoms with Gasteiger partial charge in [-0.15, -0.1) is 0 Å². The molecule has 1 saturated carbocycles. The Morgan fingerprint density at radius 2 is 1.17 bits per heavy atom. The summed E-state index contributed by atoms with van der Waals surface area (Å²) in [7, 11) is 0. The summed E-state index contributed by atoms with van der Waals surface area (Å²) in [5.41, 5.74) is 2.68. The number of rotatable bonds is 18. The third kappa shape index (κ3) is 9.45. The van der Waals surface area contributed by atoms with Gasteiger partial charge in [-0.2, -0.15) is 0 Å². The highest BCUT2D eigenvalue weighted by molar-refractivity contribution is 5.86. The molecule has 3 atom stereocenters. The molecule has 1 fully saturated rings. The maximum Gasteiger partial charge on any atom is 0.139 e. The normalized spacial score (nSPS) is 22.2. The fourth-order valence-corrected chi connectivity index (χ4v) is 6.31. The number of ketones is 1. The van der Waals surface area contributed by atoms with E-state index in [1.54, 1.807) is 0 Å². The van der Waals surface area contributed by atoms with Gasteiger partial charge in [0.2, 0.25) is 0 Å². The largest absolute Gasteiger partial charge is 0.377 e. The van der Waals surface area contributed by atoms with Crippen molar-refractivity contribution in [2.24, 2.45) is 16.7 Å². The van der Waals surface area contributed by atoms with E-state index in [2.05, 4.69) is 31.2 Å². The molecule has 5 heteroatoms. The van der Waals surface area contributed by atoms with E-state index in [1.165, 1.54) is 0 Å².